The summed E-state index contributed by atoms with van der Waals surface area (Å²) in [6, 6.07) is 3.80. The molecule has 110 valence electrons. The van der Waals surface area contributed by atoms with E-state index in [1.807, 2.05) is 0 Å². The van der Waals surface area contributed by atoms with Crippen LogP contribution in [0.25, 0.3) is 0 Å². The Hall–Kier alpha value is -1.49. The number of carbonyl (C=O) groups is 1. The number of hydrogen-bond acceptors (Lipinski definition) is 2. The van der Waals surface area contributed by atoms with Crippen LogP contribution in [0.2, 0.25) is 0 Å². The van der Waals surface area contributed by atoms with Gasteiger partial charge in [0.25, 0.3) is 0 Å². The molecule has 2 rings (SSSR count). The van der Waals surface area contributed by atoms with E-state index in [1.54, 1.807) is 7.05 Å². The van der Waals surface area contributed by atoms with Gasteiger partial charge in [0.2, 0.25) is 5.91 Å². The number of rotatable bonds is 4. The molecule has 0 unspecified atom stereocenters. The van der Waals surface area contributed by atoms with Crippen molar-refractivity contribution in [2.24, 2.45) is 11.7 Å². The molecule has 0 bridgehead atoms. The molecule has 0 radical (unpaired) electrons. The summed E-state index contributed by atoms with van der Waals surface area (Å²) >= 11 is 0. The van der Waals surface area contributed by atoms with Crippen molar-refractivity contribution in [1.29, 1.82) is 0 Å². The van der Waals surface area contributed by atoms with Crippen molar-refractivity contribution in [2.45, 2.75) is 38.3 Å². The number of nitrogens with two attached hydrogens (primary N) is 1. The zero-order chi connectivity index (χ0) is 14.7. The molecule has 0 aromatic heterocycles. The second kappa shape index (κ2) is 6.31. The van der Waals surface area contributed by atoms with Gasteiger partial charge in [0.15, 0.2) is 11.6 Å². The number of amides is 1. The van der Waals surface area contributed by atoms with Gasteiger partial charge in [0.05, 0.1) is 0 Å². The van der Waals surface area contributed by atoms with E-state index in [2.05, 4.69) is 0 Å². The molecule has 5 heteroatoms. The fourth-order valence-corrected chi connectivity index (χ4v) is 2.70. The Balaban J connectivity index is 1.91. The second-order valence-electron chi connectivity index (χ2n) is 5.56. The molecule has 20 heavy (non-hydrogen) atoms. The molecule has 1 aliphatic rings. The average Bonchev–Trinajstić information content (AvgIpc) is 2.79. The Bertz CT molecular complexity index is 493. The second-order valence-corrected chi connectivity index (χ2v) is 5.56. The van der Waals surface area contributed by atoms with Gasteiger partial charge in [0.1, 0.15) is 0 Å². The van der Waals surface area contributed by atoms with Crippen molar-refractivity contribution in [3.8, 4) is 0 Å². The van der Waals surface area contributed by atoms with Crippen molar-refractivity contribution in [3.63, 3.8) is 0 Å². The highest BCUT2D eigenvalue weighted by molar-refractivity contribution is 5.76. The third kappa shape index (κ3) is 3.54. The lowest BCUT2D eigenvalue weighted by atomic mass is 9.99. The number of benzene rings is 1. The van der Waals surface area contributed by atoms with Crippen molar-refractivity contribution in [3.05, 3.63) is 35.4 Å². The lowest BCUT2D eigenvalue weighted by Crippen LogP contribution is -2.32. The van der Waals surface area contributed by atoms with Crippen LogP contribution >= 0.6 is 0 Å². The predicted molar refractivity (Wildman–Crippen MR) is 72.8 cm³/mol. The molecule has 2 atom stereocenters. The summed E-state index contributed by atoms with van der Waals surface area (Å²) in [5.41, 5.74) is 6.53. The van der Waals surface area contributed by atoms with Crippen LogP contribution in [0.1, 0.15) is 31.2 Å². The summed E-state index contributed by atoms with van der Waals surface area (Å²) < 4.78 is 26.0. The van der Waals surface area contributed by atoms with Crippen molar-refractivity contribution in [2.75, 3.05) is 7.05 Å². The number of halogens is 2. The van der Waals surface area contributed by atoms with Crippen LogP contribution in [0.4, 0.5) is 8.78 Å². The Labute approximate surface area is 117 Å². The maximum absolute atomic E-state index is 13.1. The standard InChI is InChI=1S/C15H20F2N2O/c1-19(9-10-5-6-12(16)13(17)7-10)15(20)8-11-3-2-4-14(11)18/h5-7,11,14H,2-4,8-9,18H2,1H3/t11-,14+/m0/s1. The smallest absolute Gasteiger partial charge is 0.222 e. The first-order valence-corrected chi connectivity index (χ1v) is 6.91. The van der Waals surface area contributed by atoms with E-state index in [0.717, 1.165) is 31.4 Å². The summed E-state index contributed by atoms with van der Waals surface area (Å²) in [7, 11) is 1.67. The van der Waals surface area contributed by atoms with E-state index in [4.69, 9.17) is 5.73 Å². The molecule has 1 aromatic rings. The molecular formula is C15H20F2N2O. The molecule has 0 heterocycles. The molecular weight excluding hydrogens is 262 g/mol. The lowest BCUT2D eigenvalue weighted by molar-refractivity contribution is -0.131. The first kappa shape index (κ1) is 14.9. The van der Waals surface area contributed by atoms with Crippen LogP contribution in [0.5, 0.6) is 0 Å². The van der Waals surface area contributed by atoms with E-state index < -0.39 is 11.6 Å². The van der Waals surface area contributed by atoms with E-state index in [1.165, 1.54) is 11.0 Å². The molecule has 3 nitrogen and oxygen atoms in total. The Kier molecular flexibility index (Phi) is 4.70. The topological polar surface area (TPSA) is 46.3 Å². The summed E-state index contributed by atoms with van der Waals surface area (Å²) in [5, 5.41) is 0. The monoisotopic (exact) mass is 282 g/mol. The fraction of sp³-hybridized carbons (Fsp3) is 0.533. The van der Waals surface area contributed by atoms with Crippen LogP contribution < -0.4 is 5.73 Å². The number of carbonyl (C=O) groups excluding carboxylic acids is 1. The maximum atomic E-state index is 13.1. The van der Waals surface area contributed by atoms with Crippen LogP contribution in [-0.4, -0.2) is 23.9 Å². The van der Waals surface area contributed by atoms with Crippen LogP contribution in [0.3, 0.4) is 0 Å². The maximum Gasteiger partial charge on any atom is 0.222 e. The van der Waals surface area contributed by atoms with Crippen molar-refractivity contribution >= 4 is 5.91 Å². The minimum atomic E-state index is -0.888. The zero-order valence-corrected chi connectivity index (χ0v) is 11.6. The highest BCUT2D eigenvalue weighted by Crippen LogP contribution is 2.27. The molecule has 0 aliphatic heterocycles. The first-order chi connectivity index (χ1) is 9.47. The van der Waals surface area contributed by atoms with Gasteiger partial charge < -0.3 is 10.6 Å². The highest BCUT2D eigenvalue weighted by atomic mass is 19.2. The van der Waals surface area contributed by atoms with E-state index in [9.17, 15) is 13.6 Å². The zero-order valence-electron chi connectivity index (χ0n) is 11.6. The lowest BCUT2D eigenvalue weighted by Gasteiger charge is -2.21. The minimum Gasteiger partial charge on any atom is -0.341 e. The van der Waals surface area contributed by atoms with E-state index >= 15 is 0 Å². The van der Waals surface area contributed by atoms with Crippen LogP contribution in [-0.2, 0) is 11.3 Å². The van der Waals surface area contributed by atoms with Gasteiger partial charge >= 0.3 is 0 Å². The molecule has 1 aromatic carbocycles. The van der Waals surface area contributed by atoms with Crippen molar-refractivity contribution in [1.82, 2.24) is 4.90 Å². The van der Waals surface area contributed by atoms with Gasteiger partial charge in [-0.05, 0) is 36.5 Å². The number of hydrogen-bond donors (Lipinski definition) is 1. The molecule has 0 saturated heterocycles. The van der Waals surface area contributed by atoms with Crippen LogP contribution in [0.15, 0.2) is 18.2 Å². The molecule has 1 fully saturated rings. The van der Waals surface area contributed by atoms with E-state index in [0.29, 0.717) is 12.0 Å². The fourth-order valence-electron chi connectivity index (χ4n) is 2.70. The normalized spacial score (nSPS) is 22.0. The van der Waals surface area contributed by atoms with Gasteiger partial charge in [-0.15, -0.1) is 0 Å². The van der Waals surface area contributed by atoms with Crippen LogP contribution in [0, 0.1) is 17.6 Å². The molecule has 0 spiro atoms. The van der Waals surface area contributed by atoms with Crippen molar-refractivity contribution < 1.29 is 13.6 Å². The Morgan fingerprint density at radius 2 is 2.10 bits per heavy atom. The summed E-state index contributed by atoms with van der Waals surface area (Å²) in [5.74, 6) is -1.52. The Morgan fingerprint density at radius 1 is 1.35 bits per heavy atom. The van der Waals surface area contributed by atoms with Gasteiger partial charge in [-0.2, -0.15) is 0 Å². The van der Waals surface area contributed by atoms with Gasteiger partial charge in [-0.1, -0.05) is 12.5 Å². The SMILES string of the molecule is CN(Cc1ccc(F)c(F)c1)C(=O)C[C@@H]1CCC[C@H]1N. The highest BCUT2D eigenvalue weighted by Gasteiger charge is 2.27. The Morgan fingerprint density at radius 3 is 2.70 bits per heavy atom. The third-order valence-electron chi connectivity index (χ3n) is 3.98. The average molecular weight is 282 g/mol. The van der Waals surface area contributed by atoms with Gasteiger partial charge in [-0.3, -0.25) is 4.79 Å². The summed E-state index contributed by atoms with van der Waals surface area (Å²) in [4.78, 5) is 13.6. The first-order valence-electron chi connectivity index (χ1n) is 6.91. The predicted octanol–water partition coefficient (Wildman–Crippen LogP) is 2.44. The summed E-state index contributed by atoms with van der Waals surface area (Å²) in [6.07, 6.45) is 3.48. The number of nitrogens with zero attached hydrogens (tertiary/aromatic N) is 1. The van der Waals surface area contributed by atoms with E-state index in [-0.39, 0.29) is 24.4 Å². The van der Waals surface area contributed by atoms with Gasteiger partial charge in [-0.25, -0.2) is 8.78 Å². The van der Waals surface area contributed by atoms with Gasteiger partial charge in [0, 0.05) is 26.1 Å². The largest absolute Gasteiger partial charge is 0.341 e. The molecule has 2 N–H and O–H groups in total. The third-order valence-corrected chi connectivity index (χ3v) is 3.98. The molecule has 1 amide bonds. The minimum absolute atomic E-state index is 0.00270. The quantitative estimate of drug-likeness (QED) is 0.922. The molecule has 1 saturated carbocycles. The summed E-state index contributed by atoms with van der Waals surface area (Å²) in [6.45, 7) is 0.276. The molecule has 1 aliphatic carbocycles.